The summed E-state index contributed by atoms with van der Waals surface area (Å²) in [6, 6.07) is 20.4. The van der Waals surface area contributed by atoms with Crippen LogP contribution in [-0.2, 0) is 6.61 Å². The van der Waals surface area contributed by atoms with E-state index in [1.807, 2.05) is 56.3 Å². The summed E-state index contributed by atoms with van der Waals surface area (Å²) in [6.45, 7) is 4.36. The lowest BCUT2D eigenvalue weighted by atomic mass is 10.1. The predicted octanol–water partition coefficient (Wildman–Crippen LogP) is 6.40. The van der Waals surface area contributed by atoms with Gasteiger partial charge in [-0.05, 0) is 49.2 Å². The Kier molecular flexibility index (Phi) is 6.09. The highest BCUT2D eigenvalue weighted by Crippen LogP contribution is 2.28. The van der Waals surface area contributed by atoms with Crippen LogP contribution < -0.4 is 10.1 Å². The van der Waals surface area contributed by atoms with Gasteiger partial charge in [0, 0.05) is 10.9 Å². The monoisotopic (exact) mass is 432 g/mol. The van der Waals surface area contributed by atoms with E-state index in [1.54, 1.807) is 17.5 Å². The van der Waals surface area contributed by atoms with Crippen LogP contribution in [0.15, 0.2) is 72.1 Å². The summed E-state index contributed by atoms with van der Waals surface area (Å²) in [5.41, 5.74) is 4.39. The Morgan fingerprint density at radius 3 is 2.68 bits per heavy atom. The Hall–Kier alpha value is -3.51. The zero-order valence-corrected chi connectivity index (χ0v) is 18.0. The minimum Gasteiger partial charge on any atom is -0.489 e. The minimum atomic E-state index is -0.479. The fourth-order valence-electron chi connectivity index (χ4n) is 3.12. The first-order valence-electron chi connectivity index (χ1n) is 9.80. The van der Waals surface area contributed by atoms with E-state index in [4.69, 9.17) is 4.74 Å². The molecule has 6 heteroatoms. The van der Waals surface area contributed by atoms with Crippen LogP contribution in [0.1, 0.15) is 27.2 Å². The number of nitrogens with one attached hydrogen (secondary N) is 1. The average Bonchev–Trinajstić information content (AvgIpc) is 3.26. The molecule has 0 saturated carbocycles. The zero-order valence-electron chi connectivity index (χ0n) is 17.2. The molecule has 1 amide bonds. The molecule has 0 fully saturated rings. The maximum atomic E-state index is 13.9. The van der Waals surface area contributed by atoms with Gasteiger partial charge in [-0.15, -0.1) is 11.3 Å². The summed E-state index contributed by atoms with van der Waals surface area (Å²) in [5.74, 6) is -0.200. The number of nitrogens with zero attached hydrogens (tertiary/aromatic N) is 1. The molecule has 0 radical (unpaired) electrons. The normalized spacial score (nSPS) is 10.7. The topological polar surface area (TPSA) is 51.2 Å². The number of hydrogen-bond donors (Lipinski definition) is 1. The van der Waals surface area contributed by atoms with Gasteiger partial charge in [-0.3, -0.25) is 4.79 Å². The molecule has 1 aromatic heterocycles. The number of amides is 1. The highest BCUT2D eigenvalue weighted by atomic mass is 32.1. The van der Waals surface area contributed by atoms with Crippen molar-refractivity contribution < 1.29 is 13.9 Å². The zero-order chi connectivity index (χ0) is 21.8. The summed E-state index contributed by atoms with van der Waals surface area (Å²) in [6.07, 6.45) is 0. The quantitative estimate of drug-likeness (QED) is 0.384. The molecule has 0 spiro atoms. The highest BCUT2D eigenvalue weighted by Gasteiger charge is 2.14. The third-order valence-electron chi connectivity index (χ3n) is 4.68. The number of halogens is 1. The second-order valence-electron chi connectivity index (χ2n) is 7.28. The van der Waals surface area contributed by atoms with Crippen LogP contribution in [-0.4, -0.2) is 10.9 Å². The number of ether oxygens (including phenoxy) is 1. The molecular formula is C25H21FN2O2S. The molecule has 0 unspecified atom stereocenters. The SMILES string of the molecule is Cc1cccc(COc2cccc(-c3nc(C(=O)Nc4cc(C)ccc4F)cs3)c2)c1. The summed E-state index contributed by atoms with van der Waals surface area (Å²) in [4.78, 5) is 16.9. The number of hydrogen-bond acceptors (Lipinski definition) is 4. The van der Waals surface area contributed by atoms with Crippen LogP contribution >= 0.6 is 11.3 Å². The molecule has 156 valence electrons. The number of aryl methyl sites for hydroxylation is 2. The summed E-state index contributed by atoms with van der Waals surface area (Å²) < 4.78 is 19.9. The van der Waals surface area contributed by atoms with Crippen LogP contribution in [0.2, 0.25) is 0 Å². The molecule has 0 atom stereocenters. The molecule has 0 bridgehead atoms. The highest BCUT2D eigenvalue weighted by molar-refractivity contribution is 7.13. The van der Waals surface area contributed by atoms with Crippen LogP contribution in [0.3, 0.4) is 0 Å². The van der Waals surface area contributed by atoms with E-state index in [9.17, 15) is 9.18 Å². The van der Waals surface area contributed by atoms with Crippen molar-refractivity contribution in [2.24, 2.45) is 0 Å². The lowest BCUT2D eigenvalue weighted by Gasteiger charge is -2.08. The number of aromatic nitrogens is 1. The smallest absolute Gasteiger partial charge is 0.275 e. The molecular weight excluding hydrogens is 411 g/mol. The predicted molar refractivity (Wildman–Crippen MR) is 122 cm³/mol. The largest absolute Gasteiger partial charge is 0.489 e. The standard InChI is InChI=1S/C25H21FN2O2S/c1-16-5-3-6-18(11-16)14-30-20-8-4-7-19(13-20)25-28-23(15-31-25)24(29)27-22-12-17(2)9-10-21(22)26/h3-13,15H,14H2,1-2H3,(H,27,29). The van der Waals surface area contributed by atoms with Gasteiger partial charge in [0.05, 0.1) is 5.69 Å². The third kappa shape index (κ3) is 5.16. The second-order valence-corrected chi connectivity index (χ2v) is 8.14. The number of benzene rings is 3. The van der Waals surface area contributed by atoms with Gasteiger partial charge in [-0.2, -0.15) is 0 Å². The van der Waals surface area contributed by atoms with Gasteiger partial charge >= 0.3 is 0 Å². The molecule has 4 nitrogen and oxygen atoms in total. The van der Waals surface area contributed by atoms with Crippen molar-refractivity contribution in [3.63, 3.8) is 0 Å². The first-order valence-corrected chi connectivity index (χ1v) is 10.7. The second kappa shape index (κ2) is 9.10. The molecule has 4 rings (SSSR count). The number of thiazole rings is 1. The van der Waals surface area contributed by atoms with E-state index >= 15 is 0 Å². The fourth-order valence-corrected chi connectivity index (χ4v) is 3.92. The van der Waals surface area contributed by atoms with E-state index in [2.05, 4.69) is 16.4 Å². The van der Waals surface area contributed by atoms with Crippen molar-refractivity contribution in [2.45, 2.75) is 20.5 Å². The Balaban J connectivity index is 1.46. The Labute approximate surface area is 184 Å². The van der Waals surface area contributed by atoms with E-state index < -0.39 is 11.7 Å². The van der Waals surface area contributed by atoms with E-state index in [0.29, 0.717) is 11.6 Å². The lowest BCUT2D eigenvalue weighted by Crippen LogP contribution is -2.13. The third-order valence-corrected chi connectivity index (χ3v) is 5.57. The number of carbonyl (C=O) groups excluding carboxylic acids is 1. The average molecular weight is 433 g/mol. The van der Waals surface area contributed by atoms with Gasteiger partial charge in [-0.1, -0.05) is 48.0 Å². The number of anilines is 1. The molecule has 1 N–H and O–H groups in total. The maximum Gasteiger partial charge on any atom is 0.275 e. The van der Waals surface area contributed by atoms with Crippen molar-refractivity contribution >= 4 is 22.9 Å². The van der Waals surface area contributed by atoms with E-state index in [0.717, 1.165) is 22.4 Å². The van der Waals surface area contributed by atoms with E-state index in [1.165, 1.54) is 23.0 Å². The summed E-state index contributed by atoms with van der Waals surface area (Å²) >= 11 is 1.35. The van der Waals surface area contributed by atoms with Crippen LogP contribution in [0.4, 0.5) is 10.1 Å². The van der Waals surface area contributed by atoms with Crippen molar-refractivity contribution in [1.82, 2.24) is 4.98 Å². The minimum absolute atomic E-state index is 0.145. The van der Waals surface area contributed by atoms with Crippen LogP contribution in [0.5, 0.6) is 5.75 Å². The summed E-state index contributed by atoms with van der Waals surface area (Å²) in [7, 11) is 0. The van der Waals surface area contributed by atoms with Crippen molar-refractivity contribution in [3.05, 3.63) is 100 Å². The molecule has 0 aliphatic heterocycles. The lowest BCUT2D eigenvalue weighted by molar-refractivity contribution is 0.102. The van der Waals surface area contributed by atoms with Crippen LogP contribution in [0, 0.1) is 19.7 Å². The van der Waals surface area contributed by atoms with Gasteiger partial charge in [0.1, 0.15) is 28.9 Å². The molecule has 3 aromatic carbocycles. The number of rotatable bonds is 6. The summed E-state index contributed by atoms with van der Waals surface area (Å²) in [5, 5.41) is 4.95. The van der Waals surface area contributed by atoms with Crippen LogP contribution in [0.25, 0.3) is 10.6 Å². The van der Waals surface area contributed by atoms with Gasteiger partial charge in [0.2, 0.25) is 0 Å². The van der Waals surface area contributed by atoms with Gasteiger partial charge in [0.25, 0.3) is 5.91 Å². The molecule has 0 saturated heterocycles. The van der Waals surface area contributed by atoms with E-state index in [-0.39, 0.29) is 11.4 Å². The molecule has 4 aromatic rings. The Morgan fingerprint density at radius 1 is 1.03 bits per heavy atom. The van der Waals surface area contributed by atoms with Crippen molar-refractivity contribution in [3.8, 4) is 16.3 Å². The Bertz CT molecular complexity index is 1240. The van der Waals surface area contributed by atoms with Crippen molar-refractivity contribution in [1.29, 1.82) is 0 Å². The van der Waals surface area contributed by atoms with Gasteiger partial charge in [0.15, 0.2) is 0 Å². The first-order chi connectivity index (χ1) is 15.0. The van der Waals surface area contributed by atoms with Gasteiger partial charge in [-0.25, -0.2) is 9.37 Å². The molecule has 0 aliphatic rings. The maximum absolute atomic E-state index is 13.9. The Morgan fingerprint density at radius 2 is 1.84 bits per heavy atom. The molecule has 1 heterocycles. The molecule has 31 heavy (non-hydrogen) atoms. The molecule has 0 aliphatic carbocycles. The van der Waals surface area contributed by atoms with Crippen molar-refractivity contribution in [2.75, 3.05) is 5.32 Å². The first kappa shape index (κ1) is 20.8. The number of carbonyl (C=O) groups is 1. The fraction of sp³-hybridized carbons (Fsp3) is 0.120. The van der Waals surface area contributed by atoms with Gasteiger partial charge < -0.3 is 10.1 Å².